The molecule has 0 spiro atoms. The van der Waals surface area contributed by atoms with Crippen LogP contribution in [-0.4, -0.2) is 52.7 Å². The number of hydrogen-bond donors (Lipinski definition) is 1. The molecule has 0 aromatic heterocycles. The summed E-state index contributed by atoms with van der Waals surface area (Å²) in [6, 6.07) is 6.42. The summed E-state index contributed by atoms with van der Waals surface area (Å²) in [6.45, 7) is 9.14. The fourth-order valence-corrected chi connectivity index (χ4v) is 4.48. The quantitative estimate of drug-likeness (QED) is 0.652. The second kappa shape index (κ2) is 9.94. The Bertz CT molecular complexity index is 699. The summed E-state index contributed by atoms with van der Waals surface area (Å²) in [5, 5.41) is 2.64. The summed E-state index contributed by atoms with van der Waals surface area (Å²) in [4.78, 5) is 11.5. The van der Waals surface area contributed by atoms with E-state index in [0.717, 1.165) is 0 Å². The molecule has 0 atom stereocenters. The van der Waals surface area contributed by atoms with Gasteiger partial charge >= 0.3 is 6.09 Å². The van der Waals surface area contributed by atoms with E-state index < -0.39 is 16.1 Å². The molecule has 27 heavy (non-hydrogen) atoms. The van der Waals surface area contributed by atoms with Gasteiger partial charge in [0, 0.05) is 19.6 Å². The van der Waals surface area contributed by atoms with Crippen molar-refractivity contribution in [2.24, 2.45) is 11.3 Å². The monoisotopic (exact) mass is 400 g/mol. The van der Waals surface area contributed by atoms with E-state index in [1.54, 1.807) is 31.4 Å². The molecule has 0 heterocycles. The fourth-order valence-electron chi connectivity index (χ4n) is 2.68. The van der Waals surface area contributed by atoms with Crippen LogP contribution >= 0.6 is 0 Å². The first kappa shape index (κ1) is 23.2. The third kappa shape index (κ3) is 7.38. The fraction of sp³-hybridized carbons (Fsp3) is 0.632. The van der Waals surface area contributed by atoms with Gasteiger partial charge in [-0.1, -0.05) is 27.7 Å². The summed E-state index contributed by atoms with van der Waals surface area (Å²) in [7, 11) is -0.782. The van der Waals surface area contributed by atoms with Gasteiger partial charge in [0.2, 0.25) is 10.0 Å². The largest absolute Gasteiger partial charge is 0.497 e. The van der Waals surface area contributed by atoms with E-state index in [1.165, 1.54) is 11.4 Å². The van der Waals surface area contributed by atoms with Crippen molar-refractivity contribution in [1.29, 1.82) is 0 Å². The minimum atomic E-state index is -3.63. The molecule has 1 aromatic carbocycles. The highest BCUT2D eigenvalue weighted by Gasteiger charge is 2.31. The molecule has 0 radical (unpaired) electrons. The Morgan fingerprint density at radius 3 is 2.26 bits per heavy atom. The minimum Gasteiger partial charge on any atom is -0.497 e. The van der Waals surface area contributed by atoms with Crippen LogP contribution in [0.4, 0.5) is 4.79 Å². The Balaban J connectivity index is 2.97. The van der Waals surface area contributed by atoms with Crippen molar-refractivity contribution in [2.45, 2.75) is 39.0 Å². The lowest BCUT2D eigenvalue weighted by Crippen LogP contribution is -2.42. The molecule has 154 valence electrons. The third-order valence-corrected chi connectivity index (χ3v) is 5.95. The number of alkyl carbamates (subject to hydrolysis) is 1. The number of carbonyl (C=O) groups is 1. The smallest absolute Gasteiger partial charge is 0.406 e. The van der Waals surface area contributed by atoms with E-state index >= 15 is 0 Å². The number of nitrogens with one attached hydrogen (secondary N) is 1. The van der Waals surface area contributed by atoms with Crippen LogP contribution < -0.4 is 10.1 Å². The number of ether oxygens (including phenoxy) is 2. The van der Waals surface area contributed by atoms with Gasteiger partial charge in [-0.3, -0.25) is 0 Å². The van der Waals surface area contributed by atoms with Crippen LogP contribution in [0.1, 0.15) is 34.1 Å². The van der Waals surface area contributed by atoms with Crippen LogP contribution in [-0.2, 0) is 14.8 Å². The molecule has 1 aromatic rings. The van der Waals surface area contributed by atoms with Crippen molar-refractivity contribution in [1.82, 2.24) is 9.62 Å². The minimum absolute atomic E-state index is 0.182. The highest BCUT2D eigenvalue weighted by atomic mass is 32.2. The average Bonchev–Trinajstić information content (AvgIpc) is 2.60. The van der Waals surface area contributed by atoms with Crippen molar-refractivity contribution in [3.63, 3.8) is 0 Å². The SMILES string of the molecule is COC(=O)NCCC(C)(C)CN(CC(C)C)S(=O)(=O)c1ccc(OC)cc1. The van der Waals surface area contributed by atoms with Gasteiger partial charge in [-0.2, -0.15) is 4.31 Å². The molecule has 0 saturated heterocycles. The van der Waals surface area contributed by atoms with Crippen molar-refractivity contribution in [3.8, 4) is 5.75 Å². The molecular weight excluding hydrogens is 368 g/mol. The van der Waals surface area contributed by atoms with Gasteiger partial charge in [0.1, 0.15) is 5.75 Å². The van der Waals surface area contributed by atoms with Gasteiger partial charge in [-0.25, -0.2) is 13.2 Å². The lowest BCUT2D eigenvalue weighted by Gasteiger charge is -2.33. The molecule has 0 fully saturated rings. The number of hydrogen-bond acceptors (Lipinski definition) is 5. The lowest BCUT2D eigenvalue weighted by atomic mass is 9.89. The first-order valence-electron chi connectivity index (χ1n) is 8.98. The number of rotatable bonds is 10. The van der Waals surface area contributed by atoms with E-state index in [4.69, 9.17) is 4.74 Å². The Hall–Kier alpha value is -1.80. The van der Waals surface area contributed by atoms with Crippen LogP contribution in [0, 0.1) is 11.3 Å². The van der Waals surface area contributed by atoms with Crippen LogP contribution in [0.5, 0.6) is 5.75 Å². The topological polar surface area (TPSA) is 84.9 Å². The van der Waals surface area contributed by atoms with Crippen LogP contribution in [0.15, 0.2) is 29.2 Å². The highest BCUT2D eigenvalue weighted by molar-refractivity contribution is 7.89. The number of carbonyl (C=O) groups excluding carboxylic acids is 1. The predicted octanol–water partition coefficient (Wildman–Crippen LogP) is 3.11. The molecule has 7 nitrogen and oxygen atoms in total. The molecule has 0 saturated carbocycles. The molecular formula is C19H32N2O5S. The number of nitrogens with zero attached hydrogens (tertiary/aromatic N) is 1. The standard InChI is InChI=1S/C19H32N2O5S/c1-15(2)13-21(14-19(3,4)11-12-20-18(22)26-6)27(23,24)17-9-7-16(25-5)8-10-17/h7-10,15H,11-14H2,1-6H3,(H,20,22). The zero-order chi connectivity index (χ0) is 20.7. The second-order valence-corrected chi connectivity index (χ2v) is 9.64. The zero-order valence-corrected chi connectivity index (χ0v) is 17.9. The Labute approximate surface area is 163 Å². The average molecular weight is 401 g/mol. The summed E-state index contributed by atoms with van der Waals surface area (Å²) >= 11 is 0. The number of amides is 1. The van der Waals surface area contributed by atoms with Crippen LogP contribution in [0.3, 0.4) is 0 Å². The maximum atomic E-state index is 13.2. The van der Waals surface area contributed by atoms with Gasteiger partial charge in [-0.15, -0.1) is 0 Å². The van der Waals surface area contributed by atoms with Crippen molar-refractivity contribution >= 4 is 16.1 Å². The lowest BCUT2D eigenvalue weighted by molar-refractivity contribution is 0.167. The first-order valence-corrected chi connectivity index (χ1v) is 10.4. The molecule has 1 amide bonds. The van der Waals surface area contributed by atoms with Gasteiger partial charge in [0.15, 0.2) is 0 Å². The van der Waals surface area contributed by atoms with E-state index in [0.29, 0.717) is 31.8 Å². The number of benzene rings is 1. The van der Waals surface area contributed by atoms with Crippen LogP contribution in [0.25, 0.3) is 0 Å². The van der Waals surface area contributed by atoms with Crippen molar-refractivity contribution in [2.75, 3.05) is 33.9 Å². The maximum absolute atomic E-state index is 13.2. The summed E-state index contributed by atoms with van der Waals surface area (Å²) < 4.78 is 37.5. The van der Waals surface area contributed by atoms with E-state index in [1.807, 2.05) is 27.7 Å². The molecule has 8 heteroatoms. The third-order valence-electron chi connectivity index (χ3n) is 4.13. The summed E-state index contributed by atoms with van der Waals surface area (Å²) in [6.07, 6.45) is 0.130. The Kier molecular flexibility index (Phi) is 8.56. The molecule has 0 aliphatic carbocycles. The van der Waals surface area contributed by atoms with Crippen LogP contribution in [0.2, 0.25) is 0 Å². The number of methoxy groups -OCH3 is 2. The van der Waals surface area contributed by atoms with Gasteiger partial charge < -0.3 is 14.8 Å². The highest BCUT2D eigenvalue weighted by Crippen LogP contribution is 2.27. The van der Waals surface area contributed by atoms with Crippen molar-refractivity contribution in [3.05, 3.63) is 24.3 Å². The first-order chi connectivity index (χ1) is 12.5. The predicted molar refractivity (Wildman–Crippen MR) is 105 cm³/mol. The van der Waals surface area contributed by atoms with E-state index in [2.05, 4.69) is 10.1 Å². The molecule has 0 aliphatic rings. The maximum Gasteiger partial charge on any atom is 0.406 e. The molecule has 0 bridgehead atoms. The Morgan fingerprint density at radius 2 is 1.78 bits per heavy atom. The van der Waals surface area contributed by atoms with Gasteiger partial charge in [-0.05, 0) is 42.0 Å². The van der Waals surface area contributed by atoms with Gasteiger partial charge in [0.25, 0.3) is 0 Å². The molecule has 1 N–H and O–H groups in total. The second-order valence-electron chi connectivity index (χ2n) is 7.70. The van der Waals surface area contributed by atoms with Gasteiger partial charge in [0.05, 0.1) is 19.1 Å². The molecule has 0 unspecified atom stereocenters. The molecule has 1 rings (SSSR count). The number of sulfonamides is 1. The summed E-state index contributed by atoms with van der Waals surface area (Å²) in [5.74, 6) is 0.792. The Morgan fingerprint density at radius 1 is 1.19 bits per heavy atom. The van der Waals surface area contributed by atoms with E-state index in [-0.39, 0.29) is 16.2 Å². The van der Waals surface area contributed by atoms with Crippen molar-refractivity contribution < 1.29 is 22.7 Å². The normalized spacial score (nSPS) is 12.3. The zero-order valence-electron chi connectivity index (χ0n) is 17.1. The van der Waals surface area contributed by atoms with E-state index in [9.17, 15) is 13.2 Å². The summed E-state index contributed by atoms with van der Waals surface area (Å²) in [5.41, 5.74) is -0.324. The molecule has 0 aliphatic heterocycles.